The van der Waals surface area contributed by atoms with Gasteiger partial charge in [0.05, 0.1) is 17.6 Å². The summed E-state index contributed by atoms with van der Waals surface area (Å²) < 4.78 is 0. The van der Waals surface area contributed by atoms with Gasteiger partial charge in [0.25, 0.3) is 0 Å². The second kappa shape index (κ2) is 10.6. The van der Waals surface area contributed by atoms with E-state index in [0.717, 1.165) is 0 Å². The molecule has 0 aromatic heterocycles. The highest BCUT2D eigenvalue weighted by Gasteiger charge is 2.39. The fraction of sp³-hybridized carbons (Fsp3) is 0.500. The SMILES string of the molecule is CCCC[Si](CCCC)(c1ccccc1[Si](C)C)c1ccccc1[Si](C)C. The number of hydrogen-bond donors (Lipinski definition) is 0. The summed E-state index contributed by atoms with van der Waals surface area (Å²) in [6, 6.07) is 22.0. The predicted molar refractivity (Wildman–Crippen MR) is 132 cm³/mol. The van der Waals surface area contributed by atoms with Gasteiger partial charge in [0.15, 0.2) is 0 Å². The topological polar surface area (TPSA) is 0 Å². The molecule has 0 unspecified atom stereocenters. The summed E-state index contributed by atoms with van der Waals surface area (Å²) in [7, 11) is -2.69. The lowest BCUT2D eigenvalue weighted by Crippen LogP contribution is -2.68. The van der Waals surface area contributed by atoms with Crippen molar-refractivity contribution >= 4 is 46.4 Å². The molecule has 146 valence electrons. The van der Waals surface area contributed by atoms with Gasteiger partial charge in [0, 0.05) is 0 Å². The van der Waals surface area contributed by atoms with Crippen LogP contribution in [0.2, 0.25) is 38.3 Å². The van der Waals surface area contributed by atoms with Crippen LogP contribution in [-0.2, 0) is 0 Å². The van der Waals surface area contributed by atoms with E-state index < -0.39 is 25.7 Å². The highest BCUT2D eigenvalue weighted by Crippen LogP contribution is 2.22. The largest absolute Gasteiger partial charge is 0.117 e. The minimum atomic E-state index is -1.75. The fourth-order valence-electron chi connectivity index (χ4n) is 4.44. The van der Waals surface area contributed by atoms with Gasteiger partial charge in [-0.05, 0) is 12.1 Å². The van der Waals surface area contributed by atoms with Crippen LogP contribution in [0.1, 0.15) is 39.5 Å². The first-order chi connectivity index (χ1) is 13.0. The van der Waals surface area contributed by atoms with E-state index in [1.807, 2.05) is 0 Å². The van der Waals surface area contributed by atoms with Crippen molar-refractivity contribution < 1.29 is 0 Å². The van der Waals surface area contributed by atoms with E-state index >= 15 is 0 Å². The Bertz CT molecular complexity index is 645. The highest BCUT2D eigenvalue weighted by atomic mass is 28.3. The maximum Gasteiger partial charge on any atom is 0.117 e. The lowest BCUT2D eigenvalue weighted by Gasteiger charge is -2.38. The monoisotopic (exact) mass is 410 g/mol. The molecule has 0 amide bonds. The molecule has 2 radical (unpaired) electrons. The zero-order chi connectivity index (χ0) is 19.9. The van der Waals surface area contributed by atoms with Gasteiger partial charge in [-0.25, -0.2) is 0 Å². The smallest absolute Gasteiger partial charge is 0.0671 e. The normalized spacial score (nSPS) is 12.1. The van der Waals surface area contributed by atoms with E-state index in [1.165, 1.54) is 37.8 Å². The number of benzene rings is 2. The van der Waals surface area contributed by atoms with E-state index in [1.54, 1.807) is 20.7 Å². The summed E-state index contributed by atoms with van der Waals surface area (Å²) in [5, 5.41) is 6.97. The molecule has 0 aliphatic heterocycles. The van der Waals surface area contributed by atoms with Gasteiger partial charge >= 0.3 is 0 Å². The summed E-state index contributed by atoms with van der Waals surface area (Å²) in [6.45, 7) is 14.6. The zero-order valence-corrected chi connectivity index (χ0v) is 21.4. The van der Waals surface area contributed by atoms with Gasteiger partial charge in [0.1, 0.15) is 8.07 Å². The molecular formula is C24H38Si3. The molecule has 0 N–H and O–H groups in total. The molecule has 0 atom stereocenters. The zero-order valence-electron chi connectivity index (χ0n) is 18.4. The summed E-state index contributed by atoms with van der Waals surface area (Å²) >= 11 is 0. The van der Waals surface area contributed by atoms with E-state index in [0.29, 0.717) is 0 Å². The Kier molecular flexibility index (Phi) is 8.77. The number of hydrogen-bond acceptors (Lipinski definition) is 0. The minimum Gasteiger partial charge on any atom is -0.0671 e. The first-order valence-electron chi connectivity index (χ1n) is 10.8. The molecule has 0 spiro atoms. The van der Waals surface area contributed by atoms with Crippen LogP contribution in [-0.4, -0.2) is 25.7 Å². The predicted octanol–water partition coefficient (Wildman–Crippen LogP) is 4.77. The molecular weight excluding hydrogens is 373 g/mol. The molecule has 2 aromatic carbocycles. The van der Waals surface area contributed by atoms with Crippen molar-refractivity contribution in [1.29, 1.82) is 0 Å². The molecule has 2 rings (SSSR count). The third-order valence-corrected chi connectivity index (χ3v) is 14.8. The van der Waals surface area contributed by atoms with Gasteiger partial charge < -0.3 is 0 Å². The van der Waals surface area contributed by atoms with Crippen LogP contribution in [0.4, 0.5) is 0 Å². The Labute approximate surface area is 172 Å². The summed E-state index contributed by atoms with van der Waals surface area (Å²) in [6.07, 6.45) is 5.34. The van der Waals surface area contributed by atoms with Crippen molar-refractivity contribution in [3.8, 4) is 0 Å². The van der Waals surface area contributed by atoms with Gasteiger partial charge in [-0.15, -0.1) is 0 Å². The van der Waals surface area contributed by atoms with Gasteiger partial charge in [-0.2, -0.15) is 0 Å². The van der Waals surface area contributed by atoms with Crippen molar-refractivity contribution in [2.75, 3.05) is 0 Å². The van der Waals surface area contributed by atoms with E-state index in [-0.39, 0.29) is 0 Å². The molecule has 0 saturated carbocycles. The Balaban J connectivity index is 2.79. The molecule has 0 aliphatic rings. The Morgan fingerprint density at radius 2 is 1.00 bits per heavy atom. The lowest BCUT2D eigenvalue weighted by atomic mass is 10.3. The Morgan fingerprint density at radius 1 is 0.630 bits per heavy atom. The average Bonchev–Trinajstić information content (AvgIpc) is 2.68. The second-order valence-electron chi connectivity index (χ2n) is 8.38. The van der Waals surface area contributed by atoms with Gasteiger partial charge in [-0.3, -0.25) is 0 Å². The molecule has 0 heterocycles. The van der Waals surface area contributed by atoms with E-state index in [2.05, 4.69) is 88.6 Å². The number of unbranched alkanes of at least 4 members (excludes halogenated alkanes) is 2. The van der Waals surface area contributed by atoms with Crippen molar-refractivity contribution in [3.63, 3.8) is 0 Å². The first kappa shape index (κ1) is 22.4. The third kappa shape index (κ3) is 5.13. The summed E-state index contributed by atoms with van der Waals surface area (Å²) in [5.74, 6) is 0. The lowest BCUT2D eigenvalue weighted by molar-refractivity contribution is 0.838. The number of rotatable bonds is 10. The quantitative estimate of drug-likeness (QED) is 0.495. The summed E-state index contributed by atoms with van der Waals surface area (Å²) in [5.41, 5.74) is 0. The molecule has 2 aromatic rings. The van der Waals surface area contributed by atoms with Crippen LogP contribution in [0.15, 0.2) is 48.5 Å². The van der Waals surface area contributed by atoms with Crippen LogP contribution < -0.4 is 20.7 Å². The van der Waals surface area contributed by atoms with Crippen molar-refractivity contribution in [2.45, 2.75) is 77.8 Å². The van der Waals surface area contributed by atoms with Gasteiger partial charge in [-0.1, -0.05) is 135 Å². The van der Waals surface area contributed by atoms with Crippen LogP contribution >= 0.6 is 0 Å². The Hall–Kier alpha value is -0.909. The molecule has 0 aliphatic carbocycles. The Morgan fingerprint density at radius 3 is 1.33 bits per heavy atom. The molecule has 0 saturated heterocycles. The molecule has 3 heteroatoms. The summed E-state index contributed by atoms with van der Waals surface area (Å²) in [4.78, 5) is 0. The molecule has 0 nitrogen and oxygen atoms in total. The maximum atomic E-state index is 2.53. The highest BCUT2D eigenvalue weighted by molar-refractivity contribution is 7.07. The van der Waals surface area contributed by atoms with Crippen LogP contribution in [0.3, 0.4) is 0 Å². The van der Waals surface area contributed by atoms with Crippen LogP contribution in [0, 0.1) is 0 Å². The minimum absolute atomic E-state index is 0.470. The van der Waals surface area contributed by atoms with Crippen LogP contribution in [0.25, 0.3) is 0 Å². The second-order valence-corrected chi connectivity index (χ2v) is 17.7. The standard InChI is InChI=1S/C24H38Si3/c1-7-9-19-27(20-10-8-2,23-17-13-11-15-21(23)25(3)4)24-18-14-12-16-22(24)26(5)6/h11-18H,7-10,19-20H2,1-6H3. The molecule has 27 heavy (non-hydrogen) atoms. The van der Waals surface area contributed by atoms with E-state index in [9.17, 15) is 0 Å². The van der Waals surface area contributed by atoms with Crippen molar-refractivity contribution in [1.82, 2.24) is 0 Å². The first-order valence-corrected chi connectivity index (χ1v) is 18.2. The van der Waals surface area contributed by atoms with Crippen molar-refractivity contribution in [2.24, 2.45) is 0 Å². The van der Waals surface area contributed by atoms with Crippen LogP contribution in [0.5, 0.6) is 0 Å². The average molecular weight is 411 g/mol. The van der Waals surface area contributed by atoms with Gasteiger partial charge in [0.2, 0.25) is 0 Å². The van der Waals surface area contributed by atoms with Crippen molar-refractivity contribution in [3.05, 3.63) is 48.5 Å². The maximum absolute atomic E-state index is 2.53. The molecule has 0 fully saturated rings. The fourth-order valence-corrected chi connectivity index (χ4v) is 15.0. The van der Waals surface area contributed by atoms with E-state index in [4.69, 9.17) is 0 Å². The third-order valence-electron chi connectivity index (χ3n) is 5.88. The molecule has 0 bridgehead atoms.